The van der Waals surface area contributed by atoms with Crippen LogP contribution in [0.1, 0.15) is 5.56 Å². The fourth-order valence-electron chi connectivity index (χ4n) is 5.19. The van der Waals surface area contributed by atoms with Gasteiger partial charge in [0.15, 0.2) is 5.41 Å². The lowest BCUT2D eigenvalue weighted by molar-refractivity contribution is -0.152. The lowest BCUT2D eigenvalue weighted by Gasteiger charge is -2.55. The van der Waals surface area contributed by atoms with E-state index in [4.69, 9.17) is 4.74 Å². The van der Waals surface area contributed by atoms with Crippen molar-refractivity contribution >= 4 is 29.2 Å². The standard InChI is InChI=1S/C23H24N4O4/c1-25-21(29)23(20(28)24-22(25)30)13-15-7-3-4-8-16(15)27-12-11-26(14-19(23)27)17-9-5-6-10-18(17)31-2/h3-10,19H,11-14H2,1-2H3,(H,24,28,30)/t19-,23-/m0/s1. The van der Waals surface area contributed by atoms with E-state index in [1.165, 1.54) is 7.05 Å². The van der Waals surface area contributed by atoms with Crippen molar-refractivity contribution in [1.29, 1.82) is 0 Å². The molecule has 2 aromatic carbocycles. The predicted octanol–water partition coefficient (Wildman–Crippen LogP) is 1.64. The molecule has 0 aliphatic carbocycles. The number of nitrogens with one attached hydrogen (secondary N) is 1. The van der Waals surface area contributed by atoms with Crippen molar-refractivity contribution in [2.24, 2.45) is 5.41 Å². The van der Waals surface area contributed by atoms with Crippen LogP contribution in [0, 0.1) is 5.41 Å². The van der Waals surface area contributed by atoms with Crippen molar-refractivity contribution in [1.82, 2.24) is 10.2 Å². The number of piperazine rings is 1. The van der Waals surface area contributed by atoms with Crippen molar-refractivity contribution in [2.45, 2.75) is 12.5 Å². The number of benzene rings is 2. The number of nitrogens with zero attached hydrogens (tertiary/aromatic N) is 3. The third-order valence-electron chi connectivity index (χ3n) is 6.76. The van der Waals surface area contributed by atoms with E-state index in [9.17, 15) is 14.4 Å². The fraction of sp³-hybridized carbons (Fsp3) is 0.348. The van der Waals surface area contributed by atoms with Crippen LogP contribution in [0.15, 0.2) is 48.5 Å². The number of carbonyl (C=O) groups excluding carboxylic acids is 3. The molecule has 8 nitrogen and oxygen atoms in total. The van der Waals surface area contributed by atoms with Gasteiger partial charge in [0.05, 0.1) is 18.8 Å². The summed E-state index contributed by atoms with van der Waals surface area (Å²) in [5.41, 5.74) is 1.53. The molecule has 31 heavy (non-hydrogen) atoms. The van der Waals surface area contributed by atoms with Crippen LogP contribution in [0.25, 0.3) is 0 Å². The molecule has 0 aromatic heterocycles. The minimum Gasteiger partial charge on any atom is -0.495 e. The van der Waals surface area contributed by atoms with Gasteiger partial charge >= 0.3 is 6.03 Å². The van der Waals surface area contributed by atoms with E-state index < -0.39 is 29.3 Å². The Kier molecular flexibility index (Phi) is 4.39. The number of anilines is 2. The van der Waals surface area contributed by atoms with Crippen LogP contribution in [-0.2, 0) is 16.0 Å². The zero-order valence-electron chi connectivity index (χ0n) is 17.5. The topological polar surface area (TPSA) is 82.2 Å². The molecule has 2 atom stereocenters. The summed E-state index contributed by atoms with van der Waals surface area (Å²) in [5, 5.41) is 2.42. The first kappa shape index (κ1) is 19.4. The summed E-state index contributed by atoms with van der Waals surface area (Å²) >= 11 is 0. The van der Waals surface area contributed by atoms with Crippen LogP contribution in [0.3, 0.4) is 0 Å². The van der Waals surface area contributed by atoms with Gasteiger partial charge in [-0.05, 0) is 30.2 Å². The molecule has 0 unspecified atom stereocenters. The lowest BCUT2D eigenvalue weighted by Crippen LogP contribution is -2.74. The number of amides is 4. The number of rotatable bonds is 2. The first-order valence-corrected chi connectivity index (χ1v) is 10.3. The largest absolute Gasteiger partial charge is 0.495 e. The Balaban J connectivity index is 1.63. The second kappa shape index (κ2) is 7.01. The van der Waals surface area contributed by atoms with Crippen LogP contribution >= 0.6 is 0 Å². The normalized spacial score (nSPS) is 25.3. The quantitative estimate of drug-likeness (QED) is 0.744. The molecule has 3 aliphatic heterocycles. The molecule has 2 fully saturated rings. The maximum atomic E-state index is 13.5. The summed E-state index contributed by atoms with van der Waals surface area (Å²) < 4.78 is 5.55. The Morgan fingerprint density at radius 1 is 1.00 bits per heavy atom. The van der Waals surface area contributed by atoms with E-state index in [2.05, 4.69) is 15.1 Å². The number of hydrogen-bond acceptors (Lipinski definition) is 6. The van der Waals surface area contributed by atoms with Gasteiger partial charge in [-0.3, -0.25) is 19.8 Å². The van der Waals surface area contributed by atoms with E-state index in [1.54, 1.807) is 7.11 Å². The van der Waals surface area contributed by atoms with Crippen LogP contribution in [0.5, 0.6) is 5.75 Å². The molecule has 0 saturated carbocycles. The maximum absolute atomic E-state index is 13.5. The second-order valence-corrected chi connectivity index (χ2v) is 8.23. The van der Waals surface area contributed by atoms with E-state index in [0.717, 1.165) is 27.6 Å². The number of para-hydroxylation sites is 3. The smallest absolute Gasteiger partial charge is 0.330 e. The monoisotopic (exact) mass is 420 g/mol. The number of urea groups is 1. The van der Waals surface area contributed by atoms with Crippen molar-refractivity contribution < 1.29 is 19.1 Å². The average molecular weight is 420 g/mol. The highest BCUT2D eigenvalue weighted by molar-refractivity contribution is 6.20. The minimum absolute atomic E-state index is 0.256. The summed E-state index contributed by atoms with van der Waals surface area (Å²) in [6, 6.07) is 14.5. The van der Waals surface area contributed by atoms with Crippen molar-refractivity contribution in [2.75, 3.05) is 43.6 Å². The Morgan fingerprint density at radius 2 is 1.71 bits per heavy atom. The fourth-order valence-corrected chi connectivity index (χ4v) is 5.19. The highest BCUT2D eigenvalue weighted by atomic mass is 16.5. The van der Waals surface area contributed by atoms with E-state index >= 15 is 0 Å². The minimum atomic E-state index is -1.38. The molecule has 3 heterocycles. The third-order valence-corrected chi connectivity index (χ3v) is 6.76. The molecule has 1 N–H and O–H groups in total. The first-order valence-electron chi connectivity index (χ1n) is 10.3. The zero-order chi connectivity index (χ0) is 21.8. The summed E-state index contributed by atoms with van der Waals surface area (Å²) in [6.07, 6.45) is 0.256. The van der Waals surface area contributed by atoms with Gasteiger partial charge < -0.3 is 14.5 Å². The molecule has 2 aromatic rings. The van der Waals surface area contributed by atoms with Crippen molar-refractivity contribution in [3.8, 4) is 5.75 Å². The van der Waals surface area contributed by atoms with Crippen molar-refractivity contribution in [3.63, 3.8) is 0 Å². The van der Waals surface area contributed by atoms with Gasteiger partial charge in [0, 0.05) is 32.4 Å². The summed E-state index contributed by atoms with van der Waals surface area (Å²) in [5.74, 6) is -0.229. The number of methoxy groups -OCH3 is 1. The van der Waals surface area contributed by atoms with Crippen molar-refractivity contribution in [3.05, 3.63) is 54.1 Å². The Bertz CT molecular complexity index is 1090. The number of barbiturate groups is 1. The van der Waals surface area contributed by atoms with Crippen LogP contribution in [0.2, 0.25) is 0 Å². The Hall–Kier alpha value is -3.55. The van der Waals surface area contributed by atoms with Crippen LogP contribution in [0.4, 0.5) is 16.2 Å². The second-order valence-electron chi connectivity index (χ2n) is 8.23. The van der Waals surface area contributed by atoms with Crippen LogP contribution < -0.4 is 19.9 Å². The number of carbonyl (C=O) groups is 3. The lowest BCUT2D eigenvalue weighted by atomic mass is 9.67. The average Bonchev–Trinajstić information content (AvgIpc) is 2.81. The Labute approximate surface area is 180 Å². The predicted molar refractivity (Wildman–Crippen MR) is 115 cm³/mol. The highest BCUT2D eigenvalue weighted by Gasteiger charge is 2.62. The zero-order valence-corrected chi connectivity index (χ0v) is 17.5. The molecule has 2 saturated heterocycles. The van der Waals surface area contributed by atoms with Gasteiger partial charge in [-0.2, -0.15) is 0 Å². The summed E-state index contributed by atoms with van der Waals surface area (Å²) in [7, 11) is 3.06. The summed E-state index contributed by atoms with van der Waals surface area (Å²) in [6.45, 7) is 1.81. The number of imide groups is 2. The van der Waals surface area contributed by atoms with Gasteiger partial charge in [-0.25, -0.2) is 4.79 Å². The van der Waals surface area contributed by atoms with E-state index in [-0.39, 0.29) is 6.42 Å². The molecule has 3 aliphatic rings. The van der Waals surface area contributed by atoms with Gasteiger partial charge in [0.1, 0.15) is 5.75 Å². The van der Waals surface area contributed by atoms with Gasteiger partial charge in [-0.1, -0.05) is 30.3 Å². The number of ether oxygens (including phenoxy) is 1. The molecule has 0 bridgehead atoms. The summed E-state index contributed by atoms with van der Waals surface area (Å²) in [4.78, 5) is 44.4. The molecule has 160 valence electrons. The van der Waals surface area contributed by atoms with Gasteiger partial charge in [-0.15, -0.1) is 0 Å². The number of fused-ring (bicyclic) bond motifs is 4. The Morgan fingerprint density at radius 3 is 2.48 bits per heavy atom. The molecular weight excluding hydrogens is 396 g/mol. The maximum Gasteiger partial charge on any atom is 0.330 e. The first-order chi connectivity index (χ1) is 15.0. The van der Waals surface area contributed by atoms with E-state index in [1.807, 2.05) is 48.5 Å². The highest BCUT2D eigenvalue weighted by Crippen LogP contribution is 2.46. The molecule has 4 amide bonds. The molecule has 8 heteroatoms. The molecule has 5 rings (SSSR count). The van der Waals surface area contributed by atoms with Gasteiger partial charge in [0.2, 0.25) is 11.8 Å². The third kappa shape index (κ3) is 2.71. The molecular formula is C23H24N4O4. The van der Waals surface area contributed by atoms with Crippen LogP contribution in [-0.4, -0.2) is 62.6 Å². The van der Waals surface area contributed by atoms with Gasteiger partial charge in [0.25, 0.3) is 0 Å². The van der Waals surface area contributed by atoms with E-state index in [0.29, 0.717) is 19.6 Å². The molecule has 1 spiro atoms. The number of hydrogen-bond donors (Lipinski definition) is 1. The SMILES string of the molecule is COc1ccccc1N1CCN2c3ccccc3C[C@@]3(C(=O)NC(=O)N(C)C3=O)[C@@H]2C1. The molecule has 0 radical (unpaired) electrons.